The fourth-order valence-corrected chi connectivity index (χ4v) is 1.48. The molecule has 0 saturated carbocycles. The molecule has 7 heteroatoms. The maximum absolute atomic E-state index is 12.9. The van der Waals surface area contributed by atoms with Gasteiger partial charge < -0.3 is 5.32 Å². The minimum Gasteiger partial charge on any atom is -0.384 e. The van der Waals surface area contributed by atoms with Gasteiger partial charge in [-0.05, 0) is 18.2 Å². The summed E-state index contributed by atoms with van der Waals surface area (Å²) >= 11 is 0. The predicted octanol–water partition coefficient (Wildman–Crippen LogP) is 0.398. The Morgan fingerprint density at radius 1 is 1.44 bits per heavy atom. The topological polar surface area (TPSA) is 96.0 Å². The molecule has 0 aliphatic carbocycles. The number of nitrogens with one attached hydrogen (secondary N) is 1. The Morgan fingerprint density at radius 2 is 2.12 bits per heavy atom. The van der Waals surface area contributed by atoms with Crippen molar-refractivity contribution in [3.63, 3.8) is 0 Å². The predicted molar refractivity (Wildman–Crippen MR) is 57.6 cm³/mol. The molecule has 0 amide bonds. The number of rotatable bonds is 4. The highest BCUT2D eigenvalue weighted by Crippen LogP contribution is 2.12. The monoisotopic (exact) mass is 243 g/mol. The third-order valence-corrected chi connectivity index (χ3v) is 2.52. The summed E-state index contributed by atoms with van der Waals surface area (Å²) in [6.45, 7) is 0.0627. The smallest absolute Gasteiger partial charge is 0.210 e. The third-order valence-electron chi connectivity index (χ3n) is 1.74. The van der Waals surface area contributed by atoms with E-state index < -0.39 is 15.8 Å². The number of nitrogens with zero attached hydrogens (tertiary/aromatic N) is 1. The number of nitriles is 1. The lowest BCUT2D eigenvalue weighted by Crippen LogP contribution is -2.22. The summed E-state index contributed by atoms with van der Waals surface area (Å²) in [5.74, 6) is -0.817. The maximum Gasteiger partial charge on any atom is 0.210 e. The first-order valence-electron chi connectivity index (χ1n) is 4.36. The summed E-state index contributed by atoms with van der Waals surface area (Å²) in [4.78, 5) is 0. The van der Waals surface area contributed by atoms with E-state index in [9.17, 15) is 12.8 Å². The molecule has 86 valence electrons. The molecule has 0 fully saturated rings. The summed E-state index contributed by atoms with van der Waals surface area (Å²) in [7, 11) is -3.54. The number of sulfonamides is 1. The minimum absolute atomic E-state index is 0.0627. The number of benzene rings is 1. The number of anilines is 1. The van der Waals surface area contributed by atoms with Crippen LogP contribution in [-0.2, 0) is 10.0 Å². The quantitative estimate of drug-likeness (QED) is 0.799. The van der Waals surface area contributed by atoms with E-state index in [1.165, 1.54) is 12.1 Å². The SMILES string of the molecule is N#Cc1cc(F)cc(NCCS(N)(=O)=O)c1. The lowest BCUT2D eigenvalue weighted by atomic mass is 10.2. The first kappa shape index (κ1) is 12.4. The van der Waals surface area contributed by atoms with E-state index in [0.29, 0.717) is 5.69 Å². The van der Waals surface area contributed by atoms with Crippen molar-refractivity contribution in [1.29, 1.82) is 5.26 Å². The maximum atomic E-state index is 12.9. The van der Waals surface area contributed by atoms with Crippen molar-refractivity contribution < 1.29 is 12.8 Å². The molecular formula is C9H10FN3O2S. The molecule has 0 radical (unpaired) electrons. The zero-order chi connectivity index (χ0) is 12.2. The van der Waals surface area contributed by atoms with Crippen LogP contribution < -0.4 is 10.5 Å². The van der Waals surface area contributed by atoms with Gasteiger partial charge in [0, 0.05) is 12.2 Å². The molecule has 1 aromatic rings. The standard InChI is InChI=1S/C9H10FN3O2S/c10-8-3-7(6-11)4-9(5-8)13-1-2-16(12,14)15/h3-5,13H,1-2H2,(H2,12,14,15). The van der Waals surface area contributed by atoms with E-state index in [-0.39, 0.29) is 17.9 Å². The van der Waals surface area contributed by atoms with Crippen LogP contribution in [0.5, 0.6) is 0 Å². The van der Waals surface area contributed by atoms with Crippen LogP contribution in [0.2, 0.25) is 0 Å². The largest absolute Gasteiger partial charge is 0.384 e. The molecule has 0 aliphatic rings. The Hall–Kier alpha value is -1.65. The van der Waals surface area contributed by atoms with Crippen LogP contribution in [0.1, 0.15) is 5.56 Å². The first-order valence-corrected chi connectivity index (χ1v) is 6.07. The van der Waals surface area contributed by atoms with Gasteiger partial charge in [0.25, 0.3) is 0 Å². The Labute approximate surface area is 92.7 Å². The van der Waals surface area contributed by atoms with Crippen molar-refractivity contribution in [1.82, 2.24) is 0 Å². The normalized spacial score (nSPS) is 10.8. The van der Waals surface area contributed by atoms with E-state index in [4.69, 9.17) is 10.4 Å². The summed E-state index contributed by atoms with van der Waals surface area (Å²) in [5.41, 5.74) is 0.512. The first-order chi connectivity index (χ1) is 7.40. The molecule has 1 aromatic carbocycles. The Morgan fingerprint density at radius 3 is 2.69 bits per heavy atom. The summed E-state index contributed by atoms with van der Waals surface area (Å²) in [6, 6.07) is 5.47. The Balaban J connectivity index is 2.68. The molecule has 16 heavy (non-hydrogen) atoms. The van der Waals surface area contributed by atoms with Crippen molar-refractivity contribution in [3.8, 4) is 6.07 Å². The van der Waals surface area contributed by atoms with Gasteiger partial charge in [0.05, 0.1) is 17.4 Å². The Kier molecular flexibility index (Phi) is 3.82. The molecule has 0 atom stereocenters. The molecule has 0 unspecified atom stereocenters. The molecule has 5 nitrogen and oxygen atoms in total. The van der Waals surface area contributed by atoms with Crippen LogP contribution in [-0.4, -0.2) is 20.7 Å². The lowest BCUT2D eigenvalue weighted by Gasteiger charge is -2.05. The van der Waals surface area contributed by atoms with Crippen LogP contribution in [0.15, 0.2) is 18.2 Å². The minimum atomic E-state index is -3.54. The number of halogens is 1. The second-order valence-corrected chi connectivity index (χ2v) is 4.87. The van der Waals surface area contributed by atoms with E-state index in [1.54, 1.807) is 6.07 Å². The van der Waals surface area contributed by atoms with Gasteiger partial charge in [0.1, 0.15) is 5.82 Å². The van der Waals surface area contributed by atoms with Crippen LogP contribution >= 0.6 is 0 Å². The zero-order valence-corrected chi connectivity index (χ0v) is 9.09. The van der Waals surface area contributed by atoms with Crippen LogP contribution in [0.4, 0.5) is 10.1 Å². The van der Waals surface area contributed by atoms with Crippen molar-refractivity contribution in [2.75, 3.05) is 17.6 Å². The van der Waals surface area contributed by atoms with E-state index >= 15 is 0 Å². The summed E-state index contributed by atoms with van der Waals surface area (Å²) in [5, 5.41) is 16.0. The summed E-state index contributed by atoms with van der Waals surface area (Å²) in [6.07, 6.45) is 0. The summed E-state index contributed by atoms with van der Waals surface area (Å²) < 4.78 is 34.2. The molecule has 0 saturated heterocycles. The molecule has 1 rings (SSSR count). The number of hydrogen-bond donors (Lipinski definition) is 2. The average Bonchev–Trinajstić information content (AvgIpc) is 2.14. The zero-order valence-electron chi connectivity index (χ0n) is 8.27. The number of nitrogens with two attached hydrogens (primary N) is 1. The van der Waals surface area contributed by atoms with Gasteiger partial charge >= 0.3 is 0 Å². The Bertz CT molecular complexity index is 522. The van der Waals surface area contributed by atoms with Crippen LogP contribution in [0.3, 0.4) is 0 Å². The van der Waals surface area contributed by atoms with Gasteiger partial charge in [0.2, 0.25) is 10.0 Å². The molecule has 0 spiro atoms. The molecule has 0 heterocycles. The molecule has 0 bridgehead atoms. The van der Waals surface area contributed by atoms with E-state index in [1.807, 2.05) is 0 Å². The van der Waals surface area contributed by atoms with Crippen molar-refractivity contribution >= 4 is 15.7 Å². The highest BCUT2D eigenvalue weighted by molar-refractivity contribution is 7.89. The highest BCUT2D eigenvalue weighted by Gasteiger charge is 2.03. The molecular weight excluding hydrogens is 233 g/mol. The van der Waals surface area contributed by atoms with Crippen molar-refractivity contribution in [2.24, 2.45) is 5.14 Å². The van der Waals surface area contributed by atoms with Gasteiger partial charge in [-0.3, -0.25) is 0 Å². The second-order valence-electron chi connectivity index (χ2n) is 3.13. The highest BCUT2D eigenvalue weighted by atomic mass is 32.2. The van der Waals surface area contributed by atoms with Crippen LogP contribution in [0, 0.1) is 17.1 Å². The second kappa shape index (κ2) is 4.92. The van der Waals surface area contributed by atoms with E-state index in [0.717, 1.165) is 6.07 Å². The number of primary sulfonamides is 1. The number of hydrogen-bond acceptors (Lipinski definition) is 4. The molecule has 0 aliphatic heterocycles. The van der Waals surface area contributed by atoms with Gasteiger partial charge in [0.15, 0.2) is 0 Å². The van der Waals surface area contributed by atoms with Gasteiger partial charge in [-0.1, -0.05) is 0 Å². The van der Waals surface area contributed by atoms with Gasteiger partial charge in [-0.25, -0.2) is 17.9 Å². The fraction of sp³-hybridized carbons (Fsp3) is 0.222. The van der Waals surface area contributed by atoms with E-state index in [2.05, 4.69) is 5.32 Å². The van der Waals surface area contributed by atoms with Crippen LogP contribution in [0.25, 0.3) is 0 Å². The van der Waals surface area contributed by atoms with Gasteiger partial charge in [-0.15, -0.1) is 0 Å². The van der Waals surface area contributed by atoms with Crippen molar-refractivity contribution in [2.45, 2.75) is 0 Å². The third kappa shape index (κ3) is 4.25. The van der Waals surface area contributed by atoms with Crippen molar-refractivity contribution in [3.05, 3.63) is 29.6 Å². The average molecular weight is 243 g/mol. The fourth-order valence-electron chi connectivity index (χ4n) is 1.09. The molecule has 0 aromatic heterocycles. The lowest BCUT2D eigenvalue weighted by molar-refractivity contribution is 0.598. The molecule has 3 N–H and O–H groups in total. The van der Waals surface area contributed by atoms with Gasteiger partial charge in [-0.2, -0.15) is 5.26 Å².